The number of hydrogen-bond acceptors (Lipinski definition) is 4. The van der Waals surface area contributed by atoms with Gasteiger partial charge in [-0.25, -0.2) is 8.42 Å². The first-order valence-corrected chi connectivity index (χ1v) is 11.0. The average molecular weight is 443 g/mol. The van der Waals surface area contributed by atoms with E-state index in [4.69, 9.17) is 23.2 Å². The van der Waals surface area contributed by atoms with E-state index in [2.05, 4.69) is 5.32 Å². The summed E-state index contributed by atoms with van der Waals surface area (Å²) in [5.41, 5.74) is 1.03. The SMILES string of the molecule is CCC(C(=O)Nc1cccc(C(C)=O)c1)N(c1cc(Cl)cc(Cl)c1)S(C)(=O)=O. The Kier molecular flexibility index (Phi) is 7.09. The van der Waals surface area contributed by atoms with Gasteiger partial charge in [0, 0.05) is 21.3 Å². The number of hydrogen-bond donors (Lipinski definition) is 1. The number of Topliss-reactive ketones (excluding diaryl/α,β-unsaturated/α-hetero) is 1. The number of nitrogens with zero attached hydrogens (tertiary/aromatic N) is 1. The second-order valence-corrected chi connectivity index (χ2v) is 8.97. The van der Waals surface area contributed by atoms with Crippen LogP contribution in [0.3, 0.4) is 0 Å². The molecule has 28 heavy (non-hydrogen) atoms. The predicted molar refractivity (Wildman–Crippen MR) is 113 cm³/mol. The van der Waals surface area contributed by atoms with E-state index in [1.807, 2.05) is 0 Å². The van der Waals surface area contributed by atoms with Crippen LogP contribution in [-0.2, 0) is 14.8 Å². The number of anilines is 2. The van der Waals surface area contributed by atoms with Crippen molar-refractivity contribution in [1.29, 1.82) is 0 Å². The highest BCUT2D eigenvalue weighted by Gasteiger charge is 2.32. The standard InChI is InChI=1S/C19H20Cl2N2O4S/c1-4-18(19(25)22-16-7-5-6-13(8-16)12(2)24)23(28(3,26)27)17-10-14(20)9-15(21)11-17/h5-11,18H,4H2,1-3H3,(H,22,25). The maximum absolute atomic E-state index is 12.9. The van der Waals surface area contributed by atoms with Gasteiger partial charge in [-0.05, 0) is 43.7 Å². The van der Waals surface area contributed by atoms with Gasteiger partial charge in [0.25, 0.3) is 0 Å². The van der Waals surface area contributed by atoms with Gasteiger partial charge < -0.3 is 5.32 Å². The molecule has 150 valence electrons. The molecule has 0 aliphatic heterocycles. The molecule has 0 fully saturated rings. The molecule has 1 N–H and O–H groups in total. The van der Waals surface area contributed by atoms with Crippen LogP contribution in [0.5, 0.6) is 0 Å². The molecule has 6 nitrogen and oxygen atoms in total. The van der Waals surface area contributed by atoms with E-state index in [1.54, 1.807) is 25.1 Å². The summed E-state index contributed by atoms with van der Waals surface area (Å²) in [6, 6.07) is 9.73. The quantitative estimate of drug-likeness (QED) is 0.644. The lowest BCUT2D eigenvalue weighted by atomic mass is 10.1. The molecule has 2 aromatic rings. The molecule has 0 aromatic heterocycles. The summed E-state index contributed by atoms with van der Waals surface area (Å²) in [7, 11) is -3.82. The molecule has 0 saturated heterocycles. The highest BCUT2D eigenvalue weighted by atomic mass is 35.5. The van der Waals surface area contributed by atoms with Crippen molar-refractivity contribution >= 4 is 56.3 Å². The minimum Gasteiger partial charge on any atom is -0.324 e. The van der Waals surface area contributed by atoms with E-state index in [0.717, 1.165) is 10.6 Å². The van der Waals surface area contributed by atoms with Gasteiger partial charge in [-0.3, -0.25) is 13.9 Å². The fraction of sp³-hybridized carbons (Fsp3) is 0.263. The number of amides is 1. The first kappa shape index (κ1) is 22.2. The maximum atomic E-state index is 12.9. The third kappa shape index (κ3) is 5.47. The molecule has 9 heteroatoms. The van der Waals surface area contributed by atoms with Crippen molar-refractivity contribution in [3.63, 3.8) is 0 Å². The Morgan fingerprint density at radius 1 is 1.11 bits per heavy atom. The van der Waals surface area contributed by atoms with Crippen molar-refractivity contribution in [1.82, 2.24) is 0 Å². The molecular weight excluding hydrogens is 423 g/mol. The van der Waals surface area contributed by atoms with Crippen LogP contribution in [0.4, 0.5) is 11.4 Å². The van der Waals surface area contributed by atoms with Crippen LogP contribution >= 0.6 is 23.2 Å². The van der Waals surface area contributed by atoms with Crippen molar-refractivity contribution < 1.29 is 18.0 Å². The van der Waals surface area contributed by atoms with Gasteiger partial charge in [0.1, 0.15) is 6.04 Å². The molecule has 2 aromatic carbocycles. The van der Waals surface area contributed by atoms with Gasteiger partial charge in [-0.2, -0.15) is 0 Å². The predicted octanol–water partition coefficient (Wildman–Crippen LogP) is 4.38. The summed E-state index contributed by atoms with van der Waals surface area (Å²) in [6.07, 6.45) is 1.21. The van der Waals surface area contributed by atoms with Crippen molar-refractivity contribution in [2.75, 3.05) is 15.9 Å². The summed E-state index contributed by atoms with van der Waals surface area (Å²) in [4.78, 5) is 24.4. The van der Waals surface area contributed by atoms with Crippen LogP contribution in [0.1, 0.15) is 30.6 Å². The lowest BCUT2D eigenvalue weighted by molar-refractivity contribution is -0.117. The van der Waals surface area contributed by atoms with E-state index in [9.17, 15) is 18.0 Å². The van der Waals surface area contributed by atoms with Crippen LogP contribution in [0.2, 0.25) is 10.0 Å². The van der Waals surface area contributed by atoms with Crippen LogP contribution in [-0.4, -0.2) is 32.4 Å². The number of halogens is 2. The molecule has 1 amide bonds. The minimum absolute atomic E-state index is 0.144. The lowest BCUT2D eigenvalue weighted by Gasteiger charge is -2.30. The van der Waals surface area contributed by atoms with Crippen molar-refractivity contribution in [2.45, 2.75) is 26.3 Å². The summed E-state index contributed by atoms with van der Waals surface area (Å²) in [5, 5.41) is 3.18. The van der Waals surface area contributed by atoms with Gasteiger partial charge in [-0.15, -0.1) is 0 Å². The zero-order valence-corrected chi connectivity index (χ0v) is 17.9. The first-order chi connectivity index (χ1) is 13.0. The number of rotatable bonds is 7. The zero-order chi connectivity index (χ0) is 21.1. The lowest BCUT2D eigenvalue weighted by Crippen LogP contribution is -2.47. The number of carbonyl (C=O) groups is 2. The largest absolute Gasteiger partial charge is 0.324 e. The van der Waals surface area contributed by atoms with Crippen LogP contribution < -0.4 is 9.62 Å². The number of nitrogens with one attached hydrogen (secondary N) is 1. The van der Waals surface area contributed by atoms with Gasteiger partial charge >= 0.3 is 0 Å². The van der Waals surface area contributed by atoms with Gasteiger partial charge in [0.15, 0.2) is 5.78 Å². The summed E-state index contributed by atoms with van der Waals surface area (Å²) in [6.45, 7) is 3.12. The molecule has 1 atom stereocenters. The van der Waals surface area contributed by atoms with Crippen molar-refractivity contribution in [3.8, 4) is 0 Å². The van der Waals surface area contributed by atoms with Crippen LogP contribution in [0, 0.1) is 0 Å². The summed E-state index contributed by atoms with van der Waals surface area (Å²) < 4.78 is 25.9. The highest BCUT2D eigenvalue weighted by molar-refractivity contribution is 7.92. The zero-order valence-electron chi connectivity index (χ0n) is 15.6. The molecule has 0 aliphatic carbocycles. The Labute approximate surface area is 174 Å². The van der Waals surface area contributed by atoms with Gasteiger partial charge in [0.05, 0.1) is 11.9 Å². The van der Waals surface area contributed by atoms with Crippen LogP contribution in [0.15, 0.2) is 42.5 Å². The first-order valence-electron chi connectivity index (χ1n) is 8.40. The number of sulfonamides is 1. The topological polar surface area (TPSA) is 83.6 Å². The number of carbonyl (C=O) groups excluding carboxylic acids is 2. The van der Waals surface area contributed by atoms with E-state index < -0.39 is 22.0 Å². The minimum atomic E-state index is -3.82. The third-order valence-electron chi connectivity index (χ3n) is 3.97. The van der Waals surface area contributed by atoms with Crippen molar-refractivity contribution in [3.05, 3.63) is 58.1 Å². The molecule has 0 heterocycles. The van der Waals surface area contributed by atoms with Crippen molar-refractivity contribution in [2.24, 2.45) is 0 Å². The Bertz CT molecular complexity index is 988. The average Bonchev–Trinajstić information content (AvgIpc) is 2.57. The Morgan fingerprint density at radius 3 is 2.21 bits per heavy atom. The number of ketones is 1. The second-order valence-electron chi connectivity index (χ2n) is 6.24. The van der Waals surface area contributed by atoms with Crippen LogP contribution in [0.25, 0.3) is 0 Å². The summed E-state index contributed by atoms with van der Waals surface area (Å²) in [5.74, 6) is -0.681. The monoisotopic (exact) mass is 442 g/mol. The Balaban J connectivity index is 2.42. The summed E-state index contributed by atoms with van der Waals surface area (Å²) >= 11 is 12.0. The highest BCUT2D eigenvalue weighted by Crippen LogP contribution is 2.29. The second kappa shape index (κ2) is 8.94. The van der Waals surface area contributed by atoms with E-state index in [0.29, 0.717) is 11.3 Å². The fourth-order valence-corrected chi connectivity index (χ4v) is 4.48. The smallest absolute Gasteiger partial charge is 0.248 e. The number of benzene rings is 2. The maximum Gasteiger partial charge on any atom is 0.248 e. The molecule has 0 radical (unpaired) electrons. The molecule has 0 bridgehead atoms. The van der Waals surface area contributed by atoms with E-state index in [1.165, 1.54) is 31.2 Å². The Morgan fingerprint density at radius 2 is 1.71 bits per heavy atom. The molecule has 0 saturated carbocycles. The van der Waals surface area contributed by atoms with Gasteiger partial charge in [0.2, 0.25) is 15.9 Å². The van der Waals surface area contributed by atoms with E-state index in [-0.39, 0.29) is 27.9 Å². The Hall–Kier alpha value is -2.09. The third-order valence-corrected chi connectivity index (χ3v) is 5.58. The fourth-order valence-electron chi connectivity index (χ4n) is 2.77. The van der Waals surface area contributed by atoms with Gasteiger partial charge in [-0.1, -0.05) is 42.3 Å². The molecule has 1 unspecified atom stereocenters. The molecule has 0 spiro atoms. The molecule has 0 aliphatic rings. The van der Waals surface area contributed by atoms with E-state index >= 15 is 0 Å². The molecular formula is C19H20Cl2N2O4S. The normalized spacial score (nSPS) is 12.3. The molecule has 2 rings (SSSR count).